The topological polar surface area (TPSA) is 74.3 Å². The standard InChI is InChI=1S/C18H22N4O2S/c1-13-12-25-18(19-13)10-16(23)20-21-17(24)11-22-9-5-8-15(22)14-6-3-2-4-7-14/h2-4,6-7,12,15H,5,8-11H2,1H3,(H,20,23)(H,21,24). The van der Waals surface area contributed by atoms with E-state index in [1.807, 2.05) is 30.5 Å². The summed E-state index contributed by atoms with van der Waals surface area (Å²) >= 11 is 1.44. The van der Waals surface area contributed by atoms with Crippen molar-refractivity contribution in [1.82, 2.24) is 20.7 Å². The Kier molecular flexibility index (Phi) is 5.78. The maximum Gasteiger partial charge on any atom is 0.252 e. The molecule has 1 aromatic heterocycles. The molecule has 1 fully saturated rings. The Morgan fingerprint density at radius 2 is 2.00 bits per heavy atom. The van der Waals surface area contributed by atoms with Crippen LogP contribution in [0.1, 0.15) is 35.1 Å². The number of hydrogen-bond acceptors (Lipinski definition) is 5. The molecule has 0 saturated carbocycles. The number of benzene rings is 1. The fraction of sp³-hybridized carbons (Fsp3) is 0.389. The van der Waals surface area contributed by atoms with Crippen LogP contribution < -0.4 is 10.9 Å². The van der Waals surface area contributed by atoms with Crippen LogP contribution in [0.15, 0.2) is 35.7 Å². The summed E-state index contributed by atoms with van der Waals surface area (Å²) in [5.41, 5.74) is 7.11. The van der Waals surface area contributed by atoms with Gasteiger partial charge in [-0.1, -0.05) is 30.3 Å². The minimum Gasteiger partial charge on any atom is -0.287 e. The molecule has 1 saturated heterocycles. The molecule has 0 aliphatic carbocycles. The zero-order valence-corrected chi connectivity index (χ0v) is 15.0. The van der Waals surface area contributed by atoms with Gasteiger partial charge in [0, 0.05) is 17.1 Å². The van der Waals surface area contributed by atoms with Gasteiger partial charge in [0.05, 0.1) is 13.0 Å². The van der Waals surface area contributed by atoms with Crippen LogP contribution in [-0.4, -0.2) is 34.8 Å². The maximum absolute atomic E-state index is 12.2. The van der Waals surface area contributed by atoms with Crippen LogP contribution in [0.2, 0.25) is 0 Å². The second-order valence-corrected chi connectivity index (χ2v) is 7.14. The molecule has 0 spiro atoms. The van der Waals surface area contributed by atoms with E-state index in [4.69, 9.17) is 0 Å². The smallest absolute Gasteiger partial charge is 0.252 e. The minimum absolute atomic E-state index is 0.176. The van der Waals surface area contributed by atoms with E-state index in [-0.39, 0.29) is 30.8 Å². The Morgan fingerprint density at radius 1 is 1.24 bits per heavy atom. The normalized spacial score (nSPS) is 17.4. The lowest BCUT2D eigenvalue weighted by Crippen LogP contribution is -2.46. The summed E-state index contributed by atoms with van der Waals surface area (Å²) in [6, 6.07) is 10.5. The number of hydrogen-bond donors (Lipinski definition) is 2. The van der Waals surface area contributed by atoms with Crippen LogP contribution in [0.3, 0.4) is 0 Å². The number of rotatable bonds is 5. The molecule has 2 aromatic rings. The van der Waals surface area contributed by atoms with E-state index < -0.39 is 0 Å². The Bertz CT molecular complexity index is 732. The summed E-state index contributed by atoms with van der Waals surface area (Å²) in [5.74, 6) is -0.463. The molecule has 2 amide bonds. The highest BCUT2D eigenvalue weighted by Gasteiger charge is 2.27. The summed E-state index contributed by atoms with van der Waals surface area (Å²) in [6.45, 7) is 3.05. The fourth-order valence-electron chi connectivity index (χ4n) is 3.10. The summed E-state index contributed by atoms with van der Waals surface area (Å²) < 4.78 is 0. The molecule has 25 heavy (non-hydrogen) atoms. The zero-order valence-electron chi connectivity index (χ0n) is 14.2. The van der Waals surface area contributed by atoms with Gasteiger partial charge in [-0.3, -0.25) is 25.3 Å². The van der Waals surface area contributed by atoms with Crippen molar-refractivity contribution in [2.45, 2.75) is 32.2 Å². The molecule has 132 valence electrons. The first-order valence-electron chi connectivity index (χ1n) is 8.39. The van der Waals surface area contributed by atoms with E-state index in [0.717, 1.165) is 30.1 Å². The Balaban J connectivity index is 1.46. The van der Waals surface area contributed by atoms with Crippen LogP contribution in [0.4, 0.5) is 0 Å². The second kappa shape index (κ2) is 8.22. The average molecular weight is 358 g/mol. The number of aryl methyl sites for hydroxylation is 1. The lowest BCUT2D eigenvalue weighted by Gasteiger charge is -2.24. The number of aromatic nitrogens is 1. The molecule has 2 N–H and O–H groups in total. The molecular weight excluding hydrogens is 336 g/mol. The van der Waals surface area contributed by atoms with Gasteiger partial charge in [-0.05, 0) is 31.9 Å². The number of nitrogens with one attached hydrogen (secondary N) is 2. The SMILES string of the molecule is Cc1csc(CC(=O)NNC(=O)CN2CCCC2c2ccccc2)n1. The predicted molar refractivity (Wildman–Crippen MR) is 96.8 cm³/mol. The van der Waals surface area contributed by atoms with Crippen LogP contribution >= 0.6 is 11.3 Å². The zero-order chi connectivity index (χ0) is 17.6. The molecule has 0 bridgehead atoms. The lowest BCUT2D eigenvalue weighted by atomic mass is 10.0. The predicted octanol–water partition coefficient (Wildman–Crippen LogP) is 1.98. The fourth-order valence-corrected chi connectivity index (χ4v) is 3.87. The van der Waals surface area contributed by atoms with E-state index in [9.17, 15) is 9.59 Å². The van der Waals surface area contributed by atoms with Crippen molar-refractivity contribution in [3.63, 3.8) is 0 Å². The number of likely N-dealkylation sites (tertiary alicyclic amines) is 1. The van der Waals surface area contributed by atoms with E-state index in [2.05, 4.69) is 32.9 Å². The summed E-state index contributed by atoms with van der Waals surface area (Å²) in [7, 11) is 0. The van der Waals surface area contributed by atoms with Gasteiger partial charge < -0.3 is 0 Å². The molecule has 0 radical (unpaired) electrons. The van der Waals surface area contributed by atoms with Gasteiger partial charge in [-0.2, -0.15) is 0 Å². The summed E-state index contributed by atoms with van der Waals surface area (Å²) in [6.07, 6.45) is 2.30. The molecule has 1 aromatic carbocycles. The van der Waals surface area contributed by atoms with Crippen molar-refractivity contribution in [3.05, 3.63) is 52.0 Å². The number of nitrogens with zero attached hydrogens (tertiary/aromatic N) is 2. The van der Waals surface area contributed by atoms with Gasteiger partial charge in [0.2, 0.25) is 5.91 Å². The summed E-state index contributed by atoms with van der Waals surface area (Å²) in [4.78, 5) is 30.4. The highest BCUT2D eigenvalue weighted by atomic mass is 32.1. The average Bonchev–Trinajstić information content (AvgIpc) is 3.23. The van der Waals surface area contributed by atoms with Crippen molar-refractivity contribution < 1.29 is 9.59 Å². The number of amides is 2. The van der Waals surface area contributed by atoms with E-state index in [1.165, 1.54) is 16.9 Å². The van der Waals surface area contributed by atoms with Crippen LogP contribution in [0.5, 0.6) is 0 Å². The molecular formula is C18H22N4O2S. The molecule has 1 aliphatic rings. The lowest BCUT2D eigenvalue weighted by molar-refractivity contribution is -0.129. The number of carbonyl (C=O) groups excluding carboxylic acids is 2. The van der Waals surface area contributed by atoms with Crippen molar-refractivity contribution >= 4 is 23.2 Å². The third-order valence-corrected chi connectivity index (χ3v) is 5.18. The van der Waals surface area contributed by atoms with Gasteiger partial charge in [0.15, 0.2) is 0 Å². The molecule has 6 nitrogen and oxygen atoms in total. The maximum atomic E-state index is 12.2. The van der Waals surface area contributed by atoms with Crippen LogP contribution in [0, 0.1) is 6.92 Å². The molecule has 1 unspecified atom stereocenters. The van der Waals surface area contributed by atoms with E-state index in [0.29, 0.717) is 0 Å². The largest absolute Gasteiger partial charge is 0.287 e. The van der Waals surface area contributed by atoms with Gasteiger partial charge in [-0.25, -0.2) is 4.98 Å². The number of thiazole rings is 1. The van der Waals surface area contributed by atoms with Crippen LogP contribution in [0.25, 0.3) is 0 Å². The van der Waals surface area contributed by atoms with E-state index in [1.54, 1.807) is 0 Å². The van der Waals surface area contributed by atoms with E-state index >= 15 is 0 Å². The van der Waals surface area contributed by atoms with Crippen molar-refractivity contribution in [2.24, 2.45) is 0 Å². The van der Waals surface area contributed by atoms with Crippen molar-refractivity contribution in [2.75, 3.05) is 13.1 Å². The van der Waals surface area contributed by atoms with Crippen molar-refractivity contribution in [3.8, 4) is 0 Å². The quantitative estimate of drug-likeness (QED) is 0.802. The first-order chi connectivity index (χ1) is 12.1. The number of carbonyl (C=O) groups is 2. The van der Waals surface area contributed by atoms with Crippen LogP contribution in [-0.2, 0) is 16.0 Å². The minimum atomic E-state index is -0.260. The summed E-state index contributed by atoms with van der Waals surface area (Å²) in [5, 5.41) is 2.64. The molecule has 1 atom stereocenters. The Labute approximate surface area is 151 Å². The third kappa shape index (κ3) is 4.87. The second-order valence-electron chi connectivity index (χ2n) is 6.19. The monoisotopic (exact) mass is 358 g/mol. The molecule has 1 aliphatic heterocycles. The Morgan fingerprint density at radius 3 is 2.72 bits per heavy atom. The first kappa shape index (κ1) is 17.6. The Hall–Kier alpha value is -2.25. The molecule has 7 heteroatoms. The highest BCUT2D eigenvalue weighted by molar-refractivity contribution is 7.09. The highest BCUT2D eigenvalue weighted by Crippen LogP contribution is 2.31. The van der Waals surface area contributed by atoms with Gasteiger partial charge in [0.1, 0.15) is 5.01 Å². The van der Waals surface area contributed by atoms with Gasteiger partial charge >= 0.3 is 0 Å². The van der Waals surface area contributed by atoms with Gasteiger partial charge in [-0.15, -0.1) is 11.3 Å². The number of hydrazine groups is 1. The molecule has 3 rings (SSSR count). The van der Waals surface area contributed by atoms with Gasteiger partial charge in [0.25, 0.3) is 5.91 Å². The third-order valence-electron chi connectivity index (χ3n) is 4.21. The molecule has 2 heterocycles. The van der Waals surface area contributed by atoms with Crippen molar-refractivity contribution in [1.29, 1.82) is 0 Å². The first-order valence-corrected chi connectivity index (χ1v) is 9.27.